The molecule has 9 heteroatoms. The Labute approximate surface area is 232 Å². The van der Waals surface area contributed by atoms with E-state index in [-0.39, 0.29) is 18.6 Å². The van der Waals surface area contributed by atoms with Crippen LogP contribution in [0.15, 0.2) is 91.1 Å². The molecule has 2 saturated heterocycles. The molecule has 1 unspecified atom stereocenters. The zero-order valence-electron chi connectivity index (χ0n) is 22.2. The third-order valence-electron chi connectivity index (χ3n) is 7.96. The second kappa shape index (κ2) is 10.4. The lowest BCUT2D eigenvalue weighted by molar-refractivity contribution is -0.145. The van der Waals surface area contributed by atoms with Gasteiger partial charge < -0.3 is 24.8 Å². The predicted octanol–water partition coefficient (Wildman–Crippen LogP) is 5.28. The van der Waals surface area contributed by atoms with E-state index in [1.165, 1.54) is 4.90 Å². The molecule has 2 aliphatic rings. The van der Waals surface area contributed by atoms with Crippen molar-refractivity contribution in [2.45, 2.75) is 37.5 Å². The number of amides is 4. The van der Waals surface area contributed by atoms with Crippen molar-refractivity contribution >= 4 is 40.3 Å². The van der Waals surface area contributed by atoms with Crippen molar-refractivity contribution in [3.8, 4) is 0 Å². The van der Waals surface area contributed by atoms with Crippen molar-refractivity contribution in [3.63, 3.8) is 0 Å². The summed E-state index contributed by atoms with van der Waals surface area (Å²) in [5, 5.41) is 11.5. The summed E-state index contributed by atoms with van der Waals surface area (Å²) in [4.78, 5) is 50.1. The molecule has 2 fully saturated rings. The smallest absolute Gasteiger partial charge is 0.329 e. The maximum absolute atomic E-state index is 14.1. The highest BCUT2D eigenvalue weighted by atomic mass is 16.4. The molecule has 2 bridgehead atoms. The zero-order valence-corrected chi connectivity index (χ0v) is 22.2. The first-order chi connectivity index (χ1) is 19.4. The maximum Gasteiger partial charge on any atom is 0.329 e. The molecular weight excluding hydrogens is 506 g/mol. The Morgan fingerprint density at radius 1 is 0.900 bits per heavy atom. The van der Waals surface area contributed by atoms with Gasteiger partial charge in [-0.3, -0.25) is 4.90 Å². The number of hydrogen-bond acceptors (Lipinski definition) is 3. The first kappa shape index (κ1) is 25.5. The van der Waals surface area contributed by atoms with E-state index < -0.39 is 24.1 Å². The fourth-order valence-corrected chi connectivity index (χ4v) is 6.13. The quantitative estimate of drug-likeness (QED) is 0.362. The van der Waals surface area contributed by atoms with E-state index in [0.29, 0.717) is 30.8 Å². The van der Waals surface area contributed by atoms with Crippen LogP contribution in [0, 0.1) is 0 Å². The van der Waals surface area contributed by atoms with Gasteiger partial charge in [0.2, 0.25) is 0 Å². The highest BCUT2D eigenvalue weighted by molar-refractivity contribution is 6.01. The number of nitrogens with one attached hydrogen (secondary N) is 1. The van der Waals surface area contributed by atoms with Crippen molar-refractivity contribution in [1.29, 1.82) is 0 Å². The number of urea groups is 2. The Balaban J connectivity index is 1.26. The van der Waals surface area contributed by atoms with Crippen LogP contribution in [-0.2, 0) is 11.3 Å². The average molecular weight is 538 g/mol. The zero-order chi connectivity index (χ0) is 27.8. The molecule has 204 valence electrons. The Morgan fingerprint density at radius 3 is 2.23 bits per heavy atom. The highest BCUT2D eigenvalue weighted by Gasteiger charge is 2.54. The number of fused-ring (bicyclic) bond motifs is 3. The number of para-hydroxylation sites is 2. The van der Waals surface area contributed by atoms with E-state index in [9.17, 15) is 19.5 Å². The molecule has 4 aromatic rings. The summed E-state index contributed by atoms with van der Waals surface area (Å²) < 4.78 is 0. The molecule has 3 aromatic carbocycles. The molecule has 0 radical (unpaired) electrons. The Morgan fingerprint density at radius 2 is 1.57 bits per heavy atom. The molecule has 0 saturated carbocycles. The summed E-state index contributed by atoms with van der Waals surface area (Å²) in [5.41, 5.74) is 3.26. The number of H-pyrrole nitrogens is 1. The van der Waals surface area contributed by atoms with Gasteiger partial charge in [-0.05, 0) is 60.2 Å². The minimum absolute atomic E-state index is 0.149. The number of aromatic amines is 1. The van der Waals surface area contributed by atoms with Crippen LogP contribution in [0.5, 0.6) is 0 Å². The number of aromatic nitrogens is 1. The van der Waals surface area contributed by atoms with E-state index in [2.05, 4.69) is 4.98 Å². The third kappa shape index (κ3) is 4.53. The first-order valence-electron chi connectivity index (χ1n) is 13.5. The lowest BCUT2D eigenvalue weighted by Crippen LogP contribution is -2.67. The largest absolute Gasteiger partial charge is 0.480 e. The van der Waals surface area contributed by atoms with Gasteiger partial charge in [0.15, 0.2) is 6.04 Å². The van der Waals surface area contributed by atoms with E-state index in [0.717, 1.165) is 16.5 Å². The van der Waals surface area contributed by atoms with Gasteiger partial charge in [0.05, 0.1) is 23.5 Å². The van der Waals surface area contributed by atoms with Crippen molar-refractivity contribution in [1.82, 2.24) is 19.7 Å². The molecule has 6 rings (SSSR count). The van der Waals surface area contributed by atoms with Crippen LogP contribution in [0.1, 0.15) is 18.4 Å². The summed E-state index contributed by atoms with van der Waals surface area (Å²) >= 11 is 0. The summed E-state index contributed by atoms with van der Waals surface area (Å²) in [6, 6.07) is 23.8. The standard InChI is InChI=1S/C31H31N5O4/c1-33(19-21-12-13-22-16-17-32-26(22)18-21)30(39)36-25-14-15-27(36)28(29(37)38)34(20-25)31(40)35(23-8-4-2-5-9-23)24-10-6-3-7-11-24/h2-13,16-18,25,27-28,32H,14-15,19-20H2,1H3,(H,37,38)/t25?,27-,28+/m1/s1. The Hall–Kier alpha value is -4.79. The van der Waals surface area contributed by atoms with E-state index in [1.807, 2.05) is 91.1 Å². The van der Waals surface area contributed by atoms with Crippen LogP contribution in [0.4, 0.5) is 21.0 Å². The third-order valence-corrected chi connectivity index (χ3v) is 7.96. The molecule has 0 spiro atoms. The van der Waals surface area contributed by atoms with E-state index >= 15 is 0 Å². The monoisotopic (exact) mass is 537 g/mol. The predicted molar refractivity (Wildman–Crippen MR) is 152 cm³/mol. The normalized spacial score (nSPS) is 20.0. The van der Waals surface area contributed by atoms with Gasteiger partial charge in [-0.25, -0.2) is 14.4 Å². The van der Waals surface area contributed by atoms with Crippen LogP contribution in [0.25, 0.3) is 10.9 Å². The fourth-order valence-electron chi connectivity index (χ4n) is 6.13. The number of carboxylic acids is 1. The van der Waals surface area contributed by atoms with Gasteiger partial charge in [-0.1, -0.05) is 48.5 Å². The van der Waals surface area contributed by atoms with Gasteiger partial charge in [-0.15, -0.1) is 0 Å². The number of benzene rings is 3. The van der Waals surface area contributed by atoms with Crippen LogP contribution < -0.4 is 4.90 Å². The molecule has 0 aliphatic carbocycles. The van der Waals surface area contributed by atoms with Crippen LogP contribution in [-0.4, -0.2) is 74.5 Å². The van der Waals surface area contributed by atoms with Crippen molar-refractivity contribution < 1.29 is 19.5 Å². The summed E-state index contributed by atoms with van der Waals surface area (Å²) in [6.07, 6.45) is 3.05. The number of hydrogen-bond donors (Lipinski definition) is 2. The molecule has 40 heavy (non-hydrogen) atoms. The van der Waals surface area contributed by atoms with Gasteiger partial charge in [0.1, 0.15) is 0 Å². The van der Waals surface area contributed by atoms with E-state index in [4.69, 9.17) is 0 Å². The van der Waals surface area contributed by atoms with Gasteiger partial charge in [-0.2, -0.15) is 0 Å². The first-order valence-corrected chi connectivity index (χ1v) is 13.5. The number of rotatable bonds is 5. The number of aliphatic carboxylic acids is 1. The van der Waals surface area contributed by atoms with Gasteiger partial charge in [0, 0.05) is 31.9 Å². The van der Waals surface area contributed by atoms with Crippen molar-refractivity contribution in [2.24, 2.45) is 0 Å². The van der Waals surface area contributed by atoms with Crippen LogP contribution in [0.3, 0.4) is 0 Å². The molecule has 2 aliphatic heterocycles. The number of piperazine rings is 1. The van der Waals surface area contributed by atoms with Gasteiger partial charge >= 0.3 is 18.0 Å². The minimum atomic E-state index is -1.16. The number of carboxylic acid groups (broad SMARTS) is 1. The summed E-state index contributed by atoms with van der Waals surface area (Å²) in [7, 11) is 1.74. The minimum Gasteiger partial charge on any atom is -0.480 e. The number of carbonyl (C=O) groups excluding carboxylic acids is 2. The molecule has 1 aromatic heterocycles. The topological polar surface area (TPSA) is 100 Å². The van der Waals surface area contributed by atoms with Crippen LogP contribution >= 0.6 is 0 Å². The molecular formula is C31H31N5O4. The van der Waals surface area contributed by atoms with Crippen molar-refractivity contribution in [3.05, 3.63) is 96.7 Å². The second-order valence-corrected chi connectivity index (χ2v) is 10.5. The Bertz CT molecular complexity index is 1500. The van der Waals surface area contributed by atoms with E-state index in [1.54, 1.807) is 21.7 Å². The Kier molecular flexibility index (Phi) is 6.63. The molecule has 4 amide bonds. The molecule has 3 heterocycles. The SMILES string of the molecule is CN(Cc1ccc2cc[nH]c2c1)C(=O)N1C2CC[C@@H]1[C@@H](C(=O)O)N(C(=O)N(c1ccccc1)c1ccccc1)C2. The van der Waals surface area contributed by atoms with Gasteiger partial charge in [0.25, 0.3) is 0 Å². The van der Waals surface area contributed by atoms with Crippen LogP contribution in [0.2, 0.25) is 0 Å². The molecule has 9 nitrogen and oxygen atoms in total. The number of likely N-dealkylation sites (tertiary alicyclic amines) is 1. The number of nitrogens with zero attached hydrogens (tertiary/aromatic N) is 4. The summed E-state index contributed by atoms with van der Waals surface area (Å²) in [5.74, 6) is -1.11. The summed E-state index contributed by atoms with van der Waals surface area (Å²) in [6.45, 7) is 0.538. The average Bonchev–Trinajstić information content (AvgIpc) is 3.55. The lowest BCUT2D eigenvalue weighted by Gasteiger charge is -2.47. The fraction of sp³-hybridized carbons (Fsp3) is 0.258. The molecule has 3 atom stereocenters. The number of carbonyl (C=O) groups is 3. The second-order valence-electron chi connectivity index (χ2n) is 10.5. The number of anilines is 2. The highest BCUT2D eigenvalue weighted by Crippen LogP contribution is 2.37. The van der Waals surface area contributed by atoms with Crippen molar-refractivity contribution in [2.75, 3.05) is 18.5 Å². The molecule has 2 N–H and O–H groups in total. The lowest BCUT2D eigenvalue weighted by atomic mass is 10.0. The maximum atomic E-state index is 14.1.